The van der Waals surface area contributed by atoms with Crippen molar-refractivity contribution in [2.75, 3.05) is 7.11 Å². The first-order valence-electron chi connectivity index (χ1n) is 4.49. The zero-order valence-corrected chi connectivity index (χ0v) is 8.93. The van der Waals surface area contributed by atoms with Gasteiger partial charge in [-0.3, -0.25) is 0 Å². The molecule has 15 heavy (non-hydrogen) atoms. The molecule has 0 unspecified atom stereocenters. The summed E-state index contributed by atoms with van der Waals surface area (Å²) < 4.78 is 5.04. The molecule has 82 valence electrons. The molecular formula is C9H14N4O2. The molecule has 6 heteroatoms. The van der Waals surface area contributed by atoms with Gasteiger partial charge < -0.3 is 15.7 Å². The third-order valence-electron chi connectivity index (χ3n) is 1.87. The van der Waals surface area contributed by atoms with E-state index in [1.165, 1.54) is 13.3 Å². The predicted octanol–water partition coefficient (Wildman–Crippen LogP) is 0.703. The molecule has 0 saturated carbocycles. The molecule has 1 rings (SSSR count). The number of hydrogen-bond donors (Lipinski definition) is 2. The Hall–Kier alpha value is -1.85. The summed E-state index contributed by atoms with van der Waals surface area (Å²) in [5.41, 5.74) is 5.82. The second-order valence-electron chi connectivity index (χ2n) is 3.29. The maximum Gasteiger partial charge on any atom is 0.227 e. The highest BCUT2D eigenvalue weighted by molar-refractivity contribution is 5.98. The third kappa shape index (κ3) is 2.34. The lowest BCUT2D eigenvalue weighted by molar-refractivity contribution is 0.318. The van der Waals surface area contributed by atoms with Crippen molar-refractivity contribution < 1.29 is 9.94 Å². The lowest BCUT2D eigenvalue weighted by Gasteiger charge is -2.09. The van der Waals surface area contributed by atoms with E-state index in [-0.39, 0.29) is 11.8 Å². The highest BCUT2D eigenvalue weighted by Crippen LogP contribution is 2.17. The number of methoxy groups -OCH3 is 1. The Bertz CT molecular complexity index is 376. The van der Waals surface area contributed by atoms with Crippen molar-refractivity contribution in [1.29, 1.82) is 0 Å². The highest BCUT2D eigenvalue weighted by Gasteiger charge is 2.12. The maximum absolute atomic E-state index is 8.54. The number of amidine groups is 1. The van der Waals surface area contributed by atoms with Crippen molar-refractivity contribution in [3.05, 3.63) is 17.6 Å². The monoisotopic (exact) mass is 210 g/mol. The van der Waals surface area contributed by atoms with E-state index >= 15 is 0 Å². The quantitative estimate of drug-likeness (QED) is 0.331. The minimum Gasteiger partial charge on any atom is -0.480 e. The van der Waals surface area contributed by atoms with Gasteiger partial charge >= 0.3 is 0 Å². The molecule has 0 fully saturated rings. The van der Waals surface area contributed by atoms with Crippen molar-refractivity contribution in [3.63, 3.8) is 0 Å². The van der Waals surface area contributed by atoms with E-state index in [1.807, 2.05) is 13.8 Å². The van der Waals surface area contributed by atoms with Crippen LogP contribution >= 0.6 is 0 Å². The lowest BCUT2D eigenvalue weighted by atomic mass is 10.2. The Morgan fingerprint density at radius 1 is 1.60 bits per heavy atom. The van der Waals surface area contributed by atoms with Gasteiger partial charge in [0.25, 0.3) is 0 Å². The van der Waals surface area contributed by atoms with E-state index in [1.54, 1.807) is 0 Å². The molecule has 0 aliphatic carbocycles. The SMILES string of the molecule is COc1nc(C(C)C)ncc1/C(N)=N\O. The second kappa shape index (κ2) is 4.59. The summed E-state index contributed by atoms with van der Waals surface area (Å²) in [4.78, 5) is 8.25. The van der Waals surface area contributed by atoms with Gasteiger partial charge in [-0.2, -0.15) is 4.98 Å². The fourth-order valence-corrected chi connectivity index (χ4v) is 1.04. The summed E-state index contributed by atoms with van der Waals surface area (Å²) in [6, 6.07) is 0. The number of aromatic nitrogens is 2. The van der Waals surface area contributed by atoms with Crippen molar-refractivity contribution in [3.8, 4) is 5.88 Å². The van der Waals surface area contributed by atoms with E-state index in [0.29, 0.717) is 17.3 Å². The first kappa shape index (κ1) is 11.2. The first-order chi connectivity index (χ1) is 7.10. The summed E-state index contributed by atoms with van der Waals surface area (Å²) in [6.07, 6.45) is 1.48. The van der Waals surface area contributed by atoms with Crippen LogP contribution in [0.2, 0.25) is 0 Å². The summed E-state index contributed by atoms with van der Waals surface area (Å²) in [5.74, 6) is 1.09. The first-order valence-corrected chi connectivity index (χ1v) is 4.49. The van der Waals surface area contributed by atoms with Gasteiger partial charge in [0.05, 0.1) is 7.11 Å². The zero-order valence-electron chi connectivity index (χ0n) is 8.93. The molecule has 0 amide bonds. The molecule has 0 atom stereocenters. The van der Waals surface area contributed by atoms with Gasteiger partial charge in [0.1, 0.15) is 11.4 Å². The van der Waals surface area contributed by atoms with Crippen LogP contribution < -0.4 is 10.5 Å². The predicted molar refractivity (Wildman–Crippen MR) is 55.2 cm³/mol. The number of nitrogens with two attached hydrogens (primary N) is 1. The Labute approximate surface area is 87.8 Å². The Morgan fingerprint density at radius 3 is 2.73 bits per heavy atom. The smallest absolute Gasteiger partial charge is 0.227 e. The van der Waals surface area contributed by atoms with Crippen LogP contribution in [0.25, 0.3) is 0 Å². The van der Waals surface area contributed by atoms with Crippen molar-refractivity contribution in [1.82, 2.24) is 9.97 Å². The second-order valence-corrected chi connectivity index (χ2v) is 3.29. The molecule has 3 N–H and O–H groups in total. The van der Waals surface area contributed by atoms with Gasteiger partial charge in [0, 0.05) is 12.1 Å². The van der Waals surface area contributed by atoms with Crippen LogP contribution in [-0.2, 0) is 0 Å². The van der Waals surface area contributed by atoms with Crippen LogP contribution in [-0.4, -0.2) is 28.1 Å². The Morgan fingerprint density at radius 2 is 2.27 bits per heavy atom. The average Bonchev–Trinajstić information content (AvgIpc) is 2.27. The van der Waals surface area contributed by atoms with Crippen molar-refractivity contribution in [2.45, 2.75) is 19.8 Å². The lowest BCUT2D eigenvalue weighted by Crippen LogP contribution is -2.16. The van der Waals surface area contributed by atoms with Crippen LogP contribution in [0.15, 0.2) is 11.4 Å². The molecule has 0 spiro atoms. The average molecular weight is 210 g/mol. The molecule has 0 aliphatic heterocycles. The number of hydrogen-bond acceptors (Lipinski definition) is 5. The minimum absolute atomic E-state index is 0.0674. The normalized spacial score (nSPS) is 11.9. The van der Waals surface area contributed by atoms with Gasteiger partial charge in [-0.05, 0) is 0 Å². The van der Waals surface area contributed by atoms with Crippen LogP contribution in [0.5, 0.6) is 5.88 Å². The maximum atomic E-state index is 8.54. The molecule has 0 aliphatic rings. The topological polar surface area (TPSA) is 93.6 Å². The van der Waals surface area contributed by atoms with Gasteiger partial charge in [-0.25, -0.2) is 4.98 Å². The van der Waals surface area contributed by atoms with Crippen molar-refractivity contribution in [2.24, 2.45) is 10.9 Å². The largest absolute Gasteiger partial charge is 0.480 e. The molecular weight excluding hydrogens is 196 g/mol. The molecule has 0 aromatic carbocycles. The van der Waals surface area contributed by atoms with Gasteiger partial charge in [0.2, 0.25) is 5.88 Å². The number of nitrogens with zero attached hydrogens (tertiary/aromatic N) is 3. The molecule has 6 nitrogen and oxygen atoms in total. The molecule has 1 aromatic heterocycles. The molecule has 0 bridgehead atoms. The zero-order chi connectivity index (χ0) is 11.4. The van der Waals surface area contributed by atoms with Gasteiger partial charge in [0.15, 0.2) is 5.84 Å². The van der Waals surface area contributed by atoms with Crippen LogP contribution in [0.1, 0.15) is 31.2 Å². The van der Waals surface area contributed by atoms with Crippen LogP contribution in [0, 0.1) is 0 Å². The molecule has 1 aromatic rings. The van der Waals surface area contributed by atoms with E-state index < -0.39 is 0 Å². The minimum atomic E-state index is -0.0674. The molecule has 0 radical (unpaired) electrons. The van der Waals surface area contributed by atoms with Crippen LogP contribution in [0.4, 0.5) is 0 Å². The van der Waals surface area contributed by atoms with E-state index in [4.69, 9.17) is 15.7 Å². The molecule has 0 saturated heterocycles. The number of oxime groups is 1. The fourth-order valence-electron chi connectivity index (χ4n) is 1.04. The van der Waals surface area contributed by atoms with Gasteiger partial charge in [-0.15, -0.1) is 0 Å². The summed E-state index contributed by atoms with van der Waals surface area (Å²) in [5, 5.41) is 11.4. The fraction of sp³-hybridized carbons (Fsp3) is 0.444. The summed E-state index contributed by atoms with van der Waals surface area (Å²) >= 11 is 0. The third-order valence-corrected chi connectivity index (χ3v) is 1.87. The standard InChI is InChI=1S/C9H14N4O2/c1-5(2)8-11-4-6(7(10)13-14)9(12-8)15-3/h4-5,14H,1-3H3,(H2,10,13). The Balaban J connectivity index is 3.21. The number of rotatable bonds is 3. The van der Waals surface area contributed by atoms with E-state index in [9.17, 15) is 0 Å². The van der Waals surface area contributed by atoms with E-state index in [0.717, 1.165) is 0 Å². The van der Waals surface area contributed by atoms with Crippen molar-refractivity contribution >= 4 is 5.84 Å². The van der Waals surface area contributed by atoms with E-state index in [2.05, 4.69) is 15.1 Å². The molecule has 1 heterocycles. The summed E-state index contributed by atoms with van der Waals surface area (Å²) in [6.45, 7) is 3.94. The highest BCUT2D eigenvalue weighted by atomic mass is 16.5. The summed E-state index contributed by atoms with van der Waals surface area (Å²) in [7, 11) is 1.47. The Kier molecular flexibility index (Phi) is 3.43. The van der Waals surface area contributed by atoms with Crippen LogP contribution in [0.3, 0.4) is 0 Å². The van der Waals surface area contributed by atoms with Gasteiger partial charge in [-0.1, -0.05) is 19.0 Å². The number of ether oxygens (including phenoxy) is 1.